The summed E-state index contributed by atoms with van der Waals surface area (Å²) in [6.07, 6.45) is 0. The number of anilines is 1. The molecule has 2 aromatic rings. The van der Waals surface area contributed by atoms with Crippen LogP contribution in [0.25, 0.3) is 0 Å². The van der Waals surface area contributed by atoms with Crippen LogP contribution in [0.4, 0.5) is 14.5 Å². The highest BCUT2D eigenvalue weighted by Gasteiger charge is 2.35. The zero-order chi connectivity index (χ0) is 20.3. The van der Waals surface area contributed by atoms with Gasteiger partial charge in [-0.05, 0) is 43.8 Å². The van der Waals surface area contributed by atoms with E-state index in [1.54, 1.807) is 50.4 Å². The Morgan fingerprint density at radius 3 is 2.57 bits per heavy atom. The van der Waals surface area contributed by atoms with E-state index < -0.39 is 18.3 Å². The normalized spacial score (nSPS) is 13.4. The molecule has 1 aliphatic rings. The number of ketones is 1. The maximum absolute atomic E-state index is 12.5. The van der Waals surface area contributed by atoms with E-state index in [-0.39, 0.29) is 18.2 Å². The molecule has 8 heteroatoms. The number of hydrogen-bond donors (Lipinski definition) is 0. The lowest BCUT2D eigenvalue weighted by molar-refractivity contribution is -0.114. The highest BCUT2D eigenvalue weighted by molar-refractivity contribution is 6.52. The Hall–Kier alpha value is -3.00. The van der Waals surface area contributed by atoms with Crippen LogP contribution < -0.4 is 14.4 Å². The van der Waals surface area contributed by atoms with Gasteiger partial charge in [-0.15, -0.1) is 0 Å². The summed E-state index contributed by atoms with van der Waals surface area (Å²) in [5.41, 5.74) is 1.77. The van der Waals surface area contributed by atoms with Crippen LogP contribution >= 0.6 is 0 Å². The molecular weight excluding hydrogens is 370 g/mol. The fourth-order valence-corrected chi connectivity index (χ4v) is 3.10. The van der Waals surface area contributed by atoms with Crippen LogP contribution in [-0.4, -0.2) is 43.5 Å². The van der Waals surface area contributed by atoms with Gasteiger partial charge in [0.1, 0.15) is 0 Å². The average Bonchev–Trinajstić information content (AvgIpc) is 2.89. The molecule has 148 valence electrons. The van der Waals surface area contributed by atoms with Crippen molar-refractivity contribution < 1.29 is 27.8 Å². The number of carbonyl (C=O) groups excluding carboxylic acids is 2. The maximum Gasteiger partial charge on any atom is 0.387 e. The maximum atomic E-state index is 12.5. The Kier molecular flexibility index (Phi) is 5.89. The Morgan fingerprint density at radius 2 is 1.86 bits per heavy atom. The molecule has 28 heavy (non-hydrogen) atoms. The monoisotopic (exact) mass is 390 g/mol. The van der Waals surface area contributed by atoms with Crippen molar-refractivity contribution in [1.29, 1.82) is 0 Å². The van der Waals surface area contributed by atoms with E-state index in [1.807, 2.05) is 4.90 Å². The number of ether oxygens (including phenoxy) is 2. The van der Waals surface area contributed by atoms with Gasteiger partial charge in [-0.25, -0.2) is 0 Å². The minimum atomic E-state index is -2.94. The Labute approximate surface area is 161 Å². The van der Waals surface area contributed by atoms with Gasteiger partial charge in [-0.3, -0.25) is 19.4 Å². The van der Waals surface area contributed by atoms with E-state index in [2.05, 4.69) is 4.74 Å². The van der Waals surface area contributed by atoms with Crippen LogP contribution in [0, 0.1) is 0 Å². The summed E-state index contributed by atoms with van der Waals surface area (Å²) < 4.78 is 34.9. The van der Waals surface area contributed by atoms with Gasteiger partial charge in [0.15, 0.2) is 11.5 Å². The van der Waals surface area contributed by atoms with E-state index in [4.69, 9.17) is 4.74 Å². The summed E-state index contributed by atoms with van der Waals surface area (Å²) in [6, 6.07) is 11.6. The van der Waals surface area contributed by atoms with Crippen LogP contribution in [0.2, 0.25) is 0 Å². The summed E-state index contributed by atoms with van der Waals surface area (Å²) >= 11 is 0. The van der Waals surface area contributed by atoms with Crippen molar-refractivity contribution in [3.8, 4) is 11.5 Å². The summed E-state index contributed by atoms with van der Waals surface area (Å²) in [6.45, 7) is -0.263. The van der Waals surface area contributed by atoms with Gasteiger partial charge in [0.25, 0.3) is 5.78 Å². The van der Waals surface area contributed by atoms with Gasteiger partial charge in [-0.1, -0.05) is 18.2 Å². The fourth-order valence-electron chi connectivity index (χ4n) is 3.10. The number of carbonyl (C=O) groups is 2. The van der Waals surface area contributed by atoms with Crippen molar-refractivity contribution in [3.63, 3.8) is 0 Å². The number of alkyl halides is 2. The van der Waals surface area contributed by atoms with Crippen molar-refractivity contribution in [1.82, 2.24) is 4.90 Å². The molecule has 0 radical (unpaired) electrons. The van der Waals surface area contributed by atoms with Crippen molar-refractivity contribution in [2.45, 2.75) is 20.1 Å². The molecule has 0 bridgehead atoms. The van der Waals surface area contributed by atoms with Gasteiger partial charge < -0.3 is 9.47 Å². The Morgan fingerprint density at radius 1 is 1.11 bits per heavy atom. The third kappa shape index (κ3) is 4.12. The van der Waals surface area contributed by atoms with E-state index in [0.29, 0.717) is 24.4 Å². The van der Waals surface area contributed by atoms with Crippen molar-refractivity contribution in [2.24, 2.45) is 0 Å². The summed E-state index contributed by atoms with van der Waals surface area (Å²) in [5, 5.41) is 0. The topological polar surface area (TPSA) is 59.1 Å². The summed E-state index contributed by atoms with van der Waals surface area (Å²) in [7, 11) is 1.79. The number of nitrogens with zero attached hydrogens (tertiary/aromatic N) is 2. The molecule has 0 atom stereocenters. The van der Waals surface area contributed by atoms with Gasteiger partial charge in [0.2, 0.25) is 0 Å². The summed E-state index contributed by atoms with van der Waals surface area (Å²) in [4.78, 5) is 27.6. The molecule has 0 unspecified atom stereocenters. The number of hydrogen-bond acceptors (Lipinski definition) is 5. The predicted molar refractivity (Wildman–Crippen MR) is 98.8 cm³/mol. The van der Waals surface area contributed by atoms with E-state index in [1.165, 1.54) is 11.0 Å². The average molecular weight is 390 g/mol. The number of para-hydroxylation sites is 1. The van der Waals surface area contributed by atoms with Gasteiger partial charge in [0, 0.05) is 6.54 Å². The molecular formula is C20H20F2N2O4. The Balaban J connectivity index is 1.73. The molecule has 0 saturated heterocycles. The van der Waals surface area contributed by atoms with Crippen molar-refractivity contribution in [3.05, 3.63) is 53.6 Å². The number of amides is 1. The van der Waals surface area contributed by atoms with Crippen LogP contribution in [0.5, 0.6) is 11.5 Å². The third-order valence-electron chi connectivity index (χ3n) is 4.24. The zero-order valence-corrected chi connectivity index (χ0v) is 15.5. The molecule has 3 rings (SSSR count). The van der Waals surface area contributed by atoms with E-state index in [0.717, 1.165) is 5.56 Å². The zero-order valence-electron chi connectivity index (χ0n) is 15.5. The van der Waals surface area contributed by atoms with Gasteiger partial charge in [0.05, 0.1) is 24.5 Å². The molecule has 2 aromatic carbocycles. The second-order valence-corrected chi connectivity index (χ2v) is 6.33. The second kappa shape index (κ2) is 8.35. The van der Waals surface area contributed by atoms with Crippen LogP contribution in [-0.2, 0) is 11.3 Å². The smallest absolute Gasteiger partial charge is 0.387 e. The Bertz CT molecular complexity index is 888. The first-order valence-corrected chi connectivity index (χ1v) is 8.75. The first-order chi connectivity index (χ1) is 13.4. The van der Waals surface area contributed by atoms with Gasteiger partial charge in [-0.2, -0.15) is 8.78 Å². The van der Waals surface area contributed by atoms with Gasteiger partial charge >= 0.3 is 12.5 Å². The molecule has 1 amide bonds. The van der Waals surface area contributed by atoms with E-state index >= 15 is 0 Å². The minimum Gasteiger partial charge on any atom is -0.490 e. The highest BCUT2D eigenvalue weighted by Crippen LogP contribution is 2.31. The van der Waals surface area contributed by atoms with Crippen LogP contribution in [0.15, 0.2) is 42.5 Å². The molecule has 1 heterocycles. The number of rotatable bonds is 8. The SMILES string of the molecule is CCOc1cc(CN(C)CN2C(=O)C(=O)c3ccccc32)ccc1OC(F)F. The quantitative estimate of drug-likeness (QED) is 0.648. The molecule has 0 N–H and O–H groups in total. The number of halogens is 2. The van der Waals surface area contributed by atoms with Crippen molar-refractivity contribution >= 4 is 17.4 Å². The molecule has 0 saturated carbocycles. The van der Waals surface area contributed by atoms with Crippen LogP contribution in [0.1, 0.15) is 22.8 Å². The number of fused-ring (bicyclic) bond motifs is 1. The molecule has 1 aliphatic heterocycles. The lowest BCUT2D eigenvalue weighted by Gasteiger charge is -2.24. The molecule has 0 aliphatic carbocycles. The number of benzene rings is 2. The standard InChI is InChI=1S/C20H20F2N2O4/c1-3-27-17-10-13(8-9-16(17)28-20(21)22)11-23(2)12-24-15-7-5-4-6-14(15)18(25)19(24)26/h4-10,20H,3,11-12H2,1-2H3. The number of Topliss-reactive ketones (excluding diaryl/α,β-unsaturated/α-hetero) is 1. The fraction of sp³-hybridized carbons (Fsp3) is 0.300. The first kappa shape index (κ1) is 19.8. The predicted octanol–water partition coefficient (Wildman–Crippen LogP) is 3.31. The largest absolute Gasteiger partial charge is 0.490 e. The molecule has 0 fully saturated rings. The second-order valence-electron chi connectivity index (χ2n) is 6.33. The lowest BCUT2D eigenvalue weighted by atomic mass is 10.1. The lowest BCUT2D eigenvalue weighted by Crippen LogP contribution is -2.38. The minimum absolute atomic E-state index is 0.0301. The summed E-state index contributed by atoms with van der Waals surface area (Å²) in [5.74, 6) is -0.885. The highest BCUT2D eigenvalue weighted by atomic mass is 19.3. The third-order valence-corrected chi connectivity index (χ3v) is 4.24. The first-order valence-electron chi connectivity index (χ1n) is 8.75. The molecule has 0 aromatic heterocycles. The van der Waals surface area contributed by atoms with E-state index in [9.17, 15) is 18.4 Å². The van der Waals surface area contributed by atoms with Crippen molar-refractivity contribution in [2.75, 3.05) is 25.2 Å². The molecule has 0 spiro atoms. The van der Waals surface area contributed by atoms with Crippen LogP contribution in [0.3, 0.4) is 0 Å². The molecule has 6 nitrogen and oxygen atoms in total.